The van der Waals surface area contributed by atoms with E-state index in [2.05, 4.69) is 34.5 Å². The van der Waals surface area contributed by atoms with Crippen LogP contribution in [0, 0.1) is 0 Å². The lowest BCUT2D eigenvalue weighted by atomic mass is 10.0. The minimum atomic E-state index is -0.362. The number of carbonyl (C=O) groups excluding carboxylic acids is 2. The summed E-state index contributed by atoms with van der Waals surface area (Å²) in [6.07, 6.45) is 12.9. The number of nitrogens with zero attached hydrogens (tertiary/aromatic N) is 5. The quantitative estimate of drug-likeness (QED) is 0.254. The van der Waals surface area contributed by atoms with Gasteiger partial charge in [-0.25, -0.2) is 14.5 Å². The first-order valence-corrected chi connectivity index (χ1v) is 16.1. The van der Waals surface area contributed by atoms with Crippen LogP contribution in [0.15, 0.2) is 6.20 Å². The van der Waals surface area contributed by atoms with Gasteiger partial charge in [0.05, 0.1) is 23.9 Å². The molecule has 0 radical (unpaired) electrons. The van der Waals surface area contributed by atoms with Gasteiger partial charge in [0.2, 0.25) is 5.91 Å². The normalized spacial score (nSPS) is 18.2. The number of ether oxygens (including phenoxy) is 1. The van der Waals surface area contributed by atoms with Gasteiger partial charge in [-0.1, -0.05) is 26.2 Å². The highest BCUT2D eigenvalue weighted by molar-refractivity contribution is 5.92. The Kier molecular flexibility index (Phi) is 12.2. The SMILES string of the molecule is CCc1nc2c(cnn2CC)c(NC2CCN(C(N)=O)CC2)c1CNC(=O)CCCCCCCN1CCC[C@H]1COC. The Morgan fingerprint density at radius 3 is 2.55 bits per heavy atom. The summed E-state index contributed by atoms with van der Waals surface area (Å²) < 4.78 is 7.29. The maximum Gasteiger partial charge on any atom is 0.314 e. The number of rotatable bonds is 16. The van der Waals surface area contributed by atoms with Gasteiger partial charge in [0.1, 0.15) is 0 Å². The largest absolute Gasteiger partial charge is 0.383 e. The molecule has 1 atom stereocenters. The molecule has 3 amide bonds. The number of hydrogen-bond acceptors (Lipinski definition) is 7. The predicted molar refractivity (Wildman–Crippen MR) is 166 cm³/mol. The number of pyridine rings is 1. The second-order valence-electron chi connectivity index (χ2n) is 11.8. The number of aromatic nitrogens is 3. The van der Waals surface area contributed by atoms with Gasteiger partial charge in [0, 0.05) is 63.1 Å². The van der Waals surface area contributed by atoms with Gasteiger partial charge in [-0.3, -0.25) is 9.69 Å². The minimum Gasteiger partial charge on any atom is -0.383 e. The van der Waals surface area contributed by atoms with Crippen LogP contribution in [-0.4, -0.2) is 88.5 Å². The summed E-state index contributed by atoms with van der Waals surface area (Å²) >= 11 is 0. The van der Waals surface area contributed by atoms with Crippen molar-refractivity contribution < 1.29 is 14.3 Å². The molecule has 0 bridgehead atoms. The Labute approximate surface area is 250 Å². The lowest BCUT2D eigenvalue weighted by Gasteiger charge is -2.32. The molecule has 234 valence electrons. The number of unbranched alkanes of at least 4 members (excludes halogenated alkanes) is 4. The summed E-state index contributed by atoms with van der Waals surface area (Å²) in [5.74, 6) is 0.0848. The zero-order valence-corrected chi connectivity index (χ0v) is 26.0. The Morgan fingerprint density at radius 1 is 1.07 bits per heavy atom. The number of aryl methyl sites for hydroxylation is 2. The zero-order chi connectivity index (χ0) is 29.9. The Hall–Kier alpha value is -2.92. The third kappa shape index (κ3) is 8.34. The minimum absolute atomic E-state index is 0.0848. The highest BCUT2D eigenvalue weighted by atomic mass is 16.5. The van der Waals surface area contributed by atoms with E-state index in [1.54, 1.807) is 12.0 Å². The summed E-state index contributed by atoms with van der Waals surface area (Å²) in [7, 11) is 1.79. The molecule has 0 aliphatic carbocycles. The van der Waals surface area contributed by atoms with Crippen molar-refractivity contribution in [2.75, 3.05) is 45.2 Å². The molecule has 0 unspecified atom stereocenters. The lowest BCUT2D eigenvalue weighted by molar-refractivity contribution is -0.121. The molecule has 2 aromatic rings. The van der Waals surface area contributed by atoms with Crippen LogP contribution < -0.4 is 16.4 Å². The summed E-state index contributed by atoms with van der Waals surface area (Å²) in [5, 5.41) is 12.5. The molecule has 2 aromatic heterocycles. The lowest BCUT2D eigenvalue weighted by Crippen LogP contribution is -2.44. The standard InChI is InChI=1S/C31H52N8O3/c1-4-27-25(20-33-28(40)13-9-7-6-8-10-16-37-17-11-12-24(37)22-42-3)29(26-21-34-39(5-2)30(26)36-27)35-23-14-18-38(19-15-23)31(32)41/h21,23-24H,4-20,22H2,1-3H3,(H2,32,41)(H,33,40)(H,35,36)/t24-/m0/s1. The van der Waals surface area contributed by atoms with E-state index >= 15 is 0 Å². The van der Waals surface area contributed by atoms with Crippen molar-refractivity contribution in [3.8, 4) is 0 Å². The molecule has 4 rings (SSSR count). The maximum absolute atomic E-state index is 12.9. The fraction of sp³-hybridized carbons (Fsp3) is 0.742. The van der Waals surface area contributed by atoms with Crippen molar-refractivity contribution in [3.63, 3.8) is 0 Å². The highest BCUT2D eigenvalue weighted by Crippen LogP contribution is 2.31. The first-order valence-electron chi connectivity index (χ1n) is 16.1. The van der Waals surface area contributed by atoms with E-state index in [9.17, 15) is 9.59 Å². The van der Waals surface area contributed by atoms with Crippen molar-refractivity contribution in [1.82, 2.24) is 29.9 Å². The van der Waals surface area contributed by atoms with E-state index in [1.165, 1.54) is 38.6 Å². The molecule has 11 heteroatoms. The van der Waals surface area contributed by atoms with Crippen LogP contribution in [0.1, 0.15) is 89.3 Å². The topological polar surface area (TPSA) is 131 Å². The molecular formula is C31H52N8O3. The molecule has 0 spiro atoms. The molecule has 2 aliphatic rings. The molecule has 2 saturated heterocycles. The third-order valence-electron chi connectivity index (χ3n) is 8.93. The smallest absolute Gasteiger partial charge is 0.314 e. The Bertz CT molecular complexity index is 1160. The van der Waals surface area contributed by atoms with Crippen LogP contribution in [0.4, 0.5) is 10.5 Å². The summed E-state index contributed by atoms with van der Waals surface area (Å²) in [6.45, 7) is 9.79. The number of nitrogens with one attached hydrogen (secondary N) is 2. The van der Waals surface area contributed by atoms with E-state index in [1.807, 2.05) is 10.9 Å². The van der Waals surface area contributed by atoms with Gasteiger partial charge < -0.3 is 26.0 Å². The van der Waals surface area contributed by atoms with Crippen molar-refractivity contribution in [1.29, 1.82) is 0 Å². The molecule has 2 aliphatic heterocycles. The number of piperidine rings is 1. The van der Waals surface area contributed by atoms with Gasteiger partial charge in [0.25, 0.3) is 0 Å². The van der Waals surface area contributed by atoms with Crippen LogP contribution in [-0.2, 0) is 29.0 Å². The summed E-state index contributed by atoms with van der Waals surface area (Å²) in [6, 6.07) is 0.432. The highest BCUT2D eigenvalue weighted by Gasteiger charge is 2.25. The number of primary amides is 1. The fourth-order valence-electron chi connectivity index (χ4n) is 6.48. The first-order chi connectivity index (χ1) is 20.4. The van der Waals surface area contributed by atoms with E-state index in [-0.39, 0.29) is 18.0 Å². The average molecular weight is 585 g/mol. The van der Waals surface area contributed by atoms with Crippen molar-refractivity contribution >= 4 is 28.7 Å². The average Bonchev–Trinajstić information content (AvgIpc) is 3.62. The molecule has 0 saturated carbocycles. The monoisotopic (exact) mass is 584 g/mol. The van der Waals surface area contributed by atoms with E-state index in [4.69, 9.17) is 15.5 Å². The number of carbonyl (C=O) groups is 2. The predicted octanol–water partition coefficient (Wildman–Crippen LogP) is 4.04. The number of anilines is 1. The number of urea groups is 1. The third-order valence-corrected chi connectivity index (χ3v) is 8.93. The van der Waals surface area contributed by atoms with Crippen LogP contribution in [0.2, 0.25) is 0 Å². The van der Waals surface area contributed by atoms with Crippen LogP contribution in [0.5, 0.6) is 0 Å². The second kappa shape index (κ2) is 16.1. The Balaban J connectivity index is 1.28. The van der Waals surface area contributed by atoms with Crippen molar-refractivity contribution in [2.45, 2.75) is 110 Å². The number of methoxy groups -OCH3 is 1. The second-order valence-corrected chi connectivity index (χ2v) is 11.8. The number of nitrogens with two attached hydrogens (primary N) is 1. The van der Waals surface area contributed by atoms with Crippen LogP contribution in [0.3, 0.4) is 0 Å². The van der Waals surface area contributed by atoms with Gasteiger partial charge in [-0.05, 0) is 65.0 Å². The molecule has 2 fully saturated rings. The summed E-state index contributed by atoms with van der Waals surface area (Å²) in [5.41, 5.74) is 9.35. The van der Waals surface area contributed by atoms with Gasteiger partial charge in [-0.15, -0.1) is 0 Å². The van der Waals surface area contributed by atoms with E-state index < -0.39 is 0 Å². The number of hydrogen-bond donors (Lipinski definition) is 3. The first kappa shape index (κ1) is 32.0. The number of fused-ring (bicyclic) bond motifs is 1. The van der Waals surface area contributed by atoms with E-state index in [0.717, 1.165) is 79.8 Å². The van der Waals surface area contributed by atoms with Gasteiger partial charge in [-0.2, -0.15) is 5.10 Å². The molecule has 4 heterocycles. The van der Waals surface area contributed by atoms with E-state index in [0.29, 0.717) is 32.1 Å². The molecule has 0 aromatic carbocycles. The van der Waals surface area contributed by atoms with Gasteiger partial charge >= 0.3 is 6.03 Å². The Morgan fingerprint density at radius 2 is 1.83 bits per heavy atom. The zero-order valence-electron chi connectivity index (χ0n) is 26.0. The molecular weight excluding hydrogens is 532 g/mol. The van der Waals surface area contributed by atoms with Crippen molar-refractivity contribution in [3.05, 3.63) is 17.5 Å². The summed E-state index contributed by atoms with van der Waals surface area (Å²) in [4.78, 5) is 33.7. The van der Waals surface area contributed by atoms with Crippen molar-refractivity contribution in [2.24, 2.45) is 5.73 Å². The number of amides is 3. The molecule has 42 heavy (non-hydrogen) atoms. The maximum atomic E-state index is 12.9. The number of likely N-dealkylation sites (tertiary alicyclic amines) is 2. The fourth-order valence-corrected chi connectivity index (χ4v) is 6.48. The van der Waals surface area contributed by atoms with Crippen LogP contribution >= 0.6 is 0 Å². The molecule has 11 nitrogen and oxygen atoms in total. The molecule has 4 N–H and O–H groups in total. The van der Waals surface area contributed by atoms with Crippen LogP contribution in [0.25, 0.3) is 11.0 Å². The van der Waals surface area contributed by atoms with Gasteiger partial charge in [0.15, 0.2) is 5.65 Å².